The Bertz CT molecular complexity index is 1230. The van der Waals surface area contributed by atoms with Gasteiger partial charge in [-0.2, -0.15) is 0 Å². The molecule has 0 aliphatic carbocycles. The summed E-state index contributed by atoms with van der Waals surface area (Å²) in [5.74, 6) is 0.201. The Morgan fingerprint density at radius 2 is 1.83 bits per heavy atom. The van der Waals surface area contributed by atoms with Crippen LogP contribution in [0, 0.1) is 0 Å². The Morgan fingerprint density at radius 3 is 2.59 bits per heavy atom. The van der Waals surface area contributed by atoms with Crippen LogP contribution >= 0.6 is 0 Å². The van der Waals surface area contributed by atoms with Gasteiger partial charge in [-0.05, 0) is 41.1 Å². The van der Waals surface area contributed by atoms with Gasteiger partial charge < -0.3 is 19.6 Å². The van der Waals surface area contributed by atoms with E-state index in [0.29, 0.717) is 34.4 Å². The van der Waals surface area contributed by atoms with Crippen LogP contribution in [0.5, 0.6) is 11.5 Å². The van der Waals surface area contributed by atoms with Crippen LogP contribution in [0.15, 0.2) is 71.1 Å². The zero-order valence-electron chi connectivity index (χ0n) is 15.5. The lowest BCUT2D eigenvalue weighted by Gasteiger charge is -2.14. The fraction of sp³-hybridized carbons (Fsp3) is 0.0435. The number of ether oxygens (including phenoxy) is 1. The molecule has 0 bridgehead atoms. The molecule has 0 atom stereocenters. The number of phenolic OH excluding ortho intramolecular Hbond substituents is 1. The third-order valence-electron chi connectivity index (χ3n) is 4.61. The summed E-state index contributed by atoms with van der Waals surface area (Å²) in [7, 11) is 1.51. The second-order valence-electron chi connectivity index (χ2n) is 6.34. The van der Waals surface area contributed by atoms with Crippen LogP contribution < -0.4 is 10.1 Å². The van der Waals surface area contributed by atoms with E-state index in [9.17, 15) is 14.7 Å². The highest BCUT2D eigenvalue weighted by atomic mass is 16.5. The lowest BCUT2D eigenvalue weighted by molar-refractivity contribution is 0.102. The number of aromatic hydroxyl groups is 1. The maximum atomic E-state index is 13.0. The van der Waals surface area contributed by atoms with E-state index in [1.807, 2.05) is 24.3 Å². The molecule has 2 N–H and O–H groups in total. The van der Waals surface area contributed by atoms with Gasteiger partial charge in [-0.15, -0.1) is 0 Å². The molecule has 0 saturated heterocycles. The quantitative estimate of drug-likeness (QED) is 0.477. The number of furan rings is 1. The largest absolute Gasteiger partial charge is 0.506 e. The van der Waals surface area contributed by atoms with Crippen molar-refractivity contribution in [3.05, 3.63) is 78.1 Å². The van der Waals surface area contributed by atoms with Crippen molar-refractivity contribution in [2.24, 2.45) is 0 Å². The van der Waals surface area contributed by atoms with Crippen LogP contribution in [-0.4, -0.2) is 24.4 Å². The van der Waals surface area contributed by atoms with E-state index in [4.69, 9.17) is 9.15 Å². The van der Waals surface area contributed by atoms with E-state index in [1.54, 1.807) is 36.4 Å². The maximum absolute atomic E-state index is 13.0. The zero-order valence-corrected chi connectivity index (χ0v) is 15.5. The third kappa shape index (κ3) is 3.32. The number of methoxy groups -OCH3 is 1. The second kappa shape index (κ2) is 7.52. The number of carbonyl (C=O) groups excluding carboxylic acids is 2. The van der Waals surface area contributed by atoms with Crippen LogP contribution in [0.1, 0.15) is 20.9 Å². The van der Waals surface area contributed by atoms with Gasteiger partial charge in [0.05, 0.1) is 23.9 Å². The Kier molecular flexibility index (Phi) is 4.75. The SMILES string of the molecule is COc1ccccc1NC(=O)c1cc2ccccc2c(-c2ccc(C=O)o2)c1O. The fourth-order valence-electron chi connectivity index (χ4n) is 3.25. The average molecular weight is 387 g/mol. The lowest BCUT2D eigenvalue weighted by atomic mass is 9.97. The van der Waals surface area contributed by atoms with E-state index in [2.05, 4.69) is 5.32 Å². The molecule has 6 nitrogen and oxygen atoms in total. The first-order valence-corrected chi connectivity index (χ1v) is 8.87. The number of para-hydroxylation sites is 2. The van der Waals surface area contributed by atoms with Crippen molar-refractivity contribution < 1.29 is 23.8 Å². The molecular formula is C23H17NO5. The van der Waals surface area contributed by atoms with Crippen molar-refractivity contribution in [3.63, 3.8) is 0 Å². The molecule has 0 aliphatic rings. The molecule has 6 heteroatoms. The number of aldehydes is 1. The Hall–Kier alpha value is -4.06. The van der Waals surface area contributed by atoms with Crippen LogP contribution in [0.2, 0.25) is 0 Å². The standard InChI is InChI=1S/C23H17NO5/c1-28-19-9-5-4-8-18(19)24-23(27)17-12-14-6-2-3-7-16(14)21(22(17)26)20-11-10-15(13-25)29-20/h2-13,26H,1H3,(H,24,27). The number of fused-ring (bicyclic) bond motifs is 1. The predicted molar refractivity (Wildman–Crippen MR) is 110 cm³/mol. The van der Waals surface area contributed by atoms with E-state index < -0.39 is 5.91 Å². The molecule has 144 valence electrons. The van der Waals surface area contributed by atoms with Crippen LogP contribution in [-0.2, 0) is 0 Å². The molecule has 0 unspecified atom stereocenters. The molecule has 0 aliphatic heterocycles. The Morgan fingerprint density at radius 1 is 1.07 bits per heavy atom. The monoisotopic (exact) mass is 387 g/mol. The average Bonchev–Trinajstić information content (AvgIpc) is 3.22. The first-order valence-electron chi connectivity index (χ1n) is 8.87. The van der Waals surface area contributed by atoms with E-state index in [1.165, 1.54) is 13.2 Å². The van der Waals surface area contributed by atoms with Crippen molar-refractivity contribution in [1.29, 1.82) is 0 Å². The van der Waals surface area contributed by atoms with Crippen molar-refractivity contribution in [2.45, 2.75) is 0 Å². The molecule has 4 rings (SSSR count). The molecule has 0 spiro atoms. The number of rotatable bonds is 5. The van der Waals surface area contributed by atoms with Crippen LogP contribution in [0.3, 0.4) is 0 Å². The van der Waals surface area contributed by atoms with E-state index in [0.717, 1.165) is 5.39 Å². The molecule has 0 saturated carbocycles. The number of hydrogen-bond acceptors (Lipinski definition) is 5. The molecular weight excluding hydrogens is 370 g/mol. The van der Waals surface area contributed by atoms with Gasteiger partial charge in [-0.1, -0.05) is 36.4 Å². The second-order valence-corrected chi connectivity index (χ2v) is 6.34. The molecule has 0 fully saturated rings. The number of nitrogens with one attached hydrogen (secondary N) is 1. The van der Waals surface area contributed by atoms with E-state index in [-0.39, 0.29) is 17.1 Å². The summed E-state index contributed by atoms with van der Waals surface area (Å²) in [5.41, 5.74) is 0.908. The highest BCUT2D eigenvalue weighted by Gasteiger charge is 2.22. The van der Waals surface area contributed by atoms with Gasteiger partial charge >= 0.3 is 0 Å². The number of phenols is 1. The van der Waals surface area contributed by atoms with Gasteiger partial charge in [0.15, 0.2) is 12.0 Å². The summed E-state index contributed by atoms with van der Waals surface area (Å²) < 4.78 is 10.8. The summed E-state index contributed by atoms with van der Waals surface area (Å²) in [4.78, 5) is 24.0. The maximum Gasteiger partial charge on any atom is 0.259 e. The van der Waals surface area contributed by atoms with Gasteiger partial charge in [-0.3, -0.25) is 9.59 Å². The van der Waals surface area contributed by atoms with Gasteiger partial charge in [-0.25, -0.2) is 0 Å². The molecule has 0 radical (unpaired) electrons. The topological polar surface area (TPSA) is 88.8 Å². The molecule has 1 aromatic heterocycles. The molecule has 3 aromatic carbocycles. The molecule has 1 amide bonds. The highest BCUT2D eigenvalue weighted by molar-refractivity contribution is 6.13. The fourth-order valence-corrected chi connectivity index (χ4v) is 3.25. The summed E-state index contributed by atoms with van der Waals surface area (Å²) in [6.07, 6.45) is 0.584. The van der Waals surface area contributed by atoms with Crippen molar-refractivity contribution in [3.8, 4) is 22.8 Å². The predicted octanol–water partition coefficient (Wildman–Crippen LogP) is 4.88. The van der Waals surface area contributed by atoms with E-state index >= 15 is 0 Å². The Labute approximate surface area is 166 Å². The lowest BCUT2D eigenvalue weighted by Crippen LogP contribution is -2.13. The van der Waals surface area contributed by atoms with Crippen molar-refractivity contribution in [1.82, 2.24) is 0 Å². The number of hydrogen-bond donors (Lipinski definition) is 2. The summed E-state index contributed by atoms with van der Waals surface area (Å²) in [6, 6.07) is 19.0. The Balaban J connectivity index is 1.86. The first kappa shape index (κ1) is 18.3. The number of carbonyl (C=O) groups is 2. The minimum absolute atomic E-state index is 0.0775. The van der Waals surface area contributed by atoms with Crippen molar-refractivity contribution in [2.75, 3.05) is 12.4 Å². The summed E-state index contributed by atoms with van der Waals surface area (Å²) in [6.45, 7) is 0. The van der Waals surface area contributed by atoms with Gasteiger partial charge in [0.25, 0.3) is 5.91 Å². The zero-order chi connectivity index (χ0) is 20.4. The number of benzene rings is 3. The summed E-state index contributed by atoms with van der Waals surface area (Å²) in [5, 5.41) is 15.2. The molecule has 1 heterocycles. The molecule has 29 heavy (non-hydrogen) atoms. The molecule has 4 aromatic rings. The van der Waals surface area contributed by atoms with Crippen molar-refractivity contribution >= 4 is 28.7 Å². The van der Waals surface area contributed by atoms with Crippen LogP contribution in [0.4, 0.5) is 5.69 Å². The van der Waals surface area contributed by atoms with Gasteiger partial charge in [0.2, 0.25) is 0 Å². The van der Waals surface area contributed by atoms with Crippen LogP contribution in [0.25, 0.3) is 22.1 Å². The third-order valence-corrected chi connectivity index (χ3v) is 4.61. The minimum Gasteiger partial charge on any atom is -0.506 e. The first-order chi connectivity index (χ1) is 14.1. The number of anilines is 1. The summed E-state index contributed by atoms with van der Waals surface area (Å²) >= 11 is 0. The highest BCUT2D eigenvalue weighted by Crippen LogP contribution is 2.40. The smallest absolute Gasteiger partial charge is 0.259 e. The minimum atomic E-state index is -0.499. The van der Waals surface area contributed by atoms with Gasteiger partial charge in [0, 0.05) is 0 Å². The normalized spacial score (nSPS) is 10.7. The van der Waals surface area contributed by atoms with Gasteiger partial charge in [0.1, 0.15) is 17.3 Å². The number of amides is 1.